The Morgan fingerprint density at radius 2 is 2.22 bits per heavy atom. The van der Waals surface area contributed by atoms with Crippen molar-refractivity contribution in [3.05, 3.63) is 34.4 Å². The molecule has 3 aliphatic carbocycles. The molecule has 0 fully saturated rings. The molecule has 96 valence electrons. The van der Waals surface area contributed by atoms with E-state index in [9.17, 15) is 0 Å². The van der Waals surface area contributed by atoms with Crippen LogP contribution in [-0.4, -0.2) is 11.0 Å². The largest absolute Gasteiger partial charge is 0.409 e. The molecule has 0 heterocycles. The Labute approximate surface area is 108 Å². The maximum absolute atomic E-state index is 8.83. The van der Waals surface area contributed by atoms with Crippen LogP contribution in [0.4, 0.5) is 0 Å². The van der Waals surface area contributed by atoms with Crippen molar-refractivity contribution >= 4 is 5.84 Å². The van der Waals surface area contributed by atoms with E-state index in [0.29, 0.717) is 11.8 Å². The topological polar surface area (TPSA) is 58.6 Å². The molecule has 0 aromatic rings. The molecule has 0 radical (unpaired) electrons. The molecule has 0 aromatic carbocycles. The third kappa shape index (κ3) is 1.69. The lowest BCUT2D eigenvalue weighted by atomic mass is 9.77. The minimum atomic E-state index is 0.203. The van der Waals surface area contributed by atoms with Crippen LogP contribution in [0.3, 0.4) is 0 Å². The van der Waals surface area contributed by atoms with Gasteiger partial charge in [0.05, 0.1) is 0 Å². The van der Waals surface area contributed by atoms with Gasteiger partial charge in [-0.1, -0.05) is 35.4 Å². The number of oxime groups is 1. The molecule has 2 unspecified atom stereocenters. The van der Waals surface area contributed by atoms with E-state index >= 15 is 0 Å². The minimum Gasteiger partial charge on any atom is -0.409 e. The number of hydrogen-bond acceptors (Lipinski definition) is 2. The molecule has 0 aliphatic heterocycles. The van der Waals surface area contributed by atoms with Gasteiger partial charge in [-0.2, -0.15) is 0 Å². The molecule has 0 saturated heterocycles. The van der Waals surface area contributed by atoms with E-state index in [1.807, 2.05) is 0 Å². The van der Waals surface area contributed by atoms with Gasteiger partial charge in [-0.15, -0.1) is 0 Å². The Bertz CT molecular complexity index is 497. The van der Waals surface area contributed by atoms with Crippen molar-refractivity contribution in [3.8, 4) is 0 Å². The highest BCUT2D eigenvalue weighted by Gasteiger charge is 2.34. The Balaban J connectivity index is 1.93. The number of hydrogen-bond donors (Lipinski definition) is 2. The highest BCUT2D eigenvalue weighted by molar-refractivity contribution is 5.84. The van der Waals surface area contributed by atoms with Gasteiger partial charge < -0.3 is 10.9 Å². The van der Waals surface area contributed by atoms with E-state index in [-0.39, 0.29) is 5.92 Å². The summed E-state index contributed by atoms with van der Waals surface area (Å²) < 4.78 is 0. The van der Waals surface area contributed by atoms with Gasteiger partial charge in [0.15, 0.2) is 0 Å². The molecule has 0 saturated carbocycles. The molecule has 3 rings (SSSR count). The summed E-state index contributed by atoms with van der Waals surface area (Å²) in [6.07, 6.45) is 10.0. The molecular formula is C15H20N2O. The van der Waals surface area contributed by atoms with E-state index in [4.69, 9.17) is 10.9 Å². The summed E-state index contributed by atoms with van der Waals surface area (Å²) >= 11 is 0. The molecule has 3 aliphatic rings. The third-order valence-electron chi connectivity index (χ3n) is 4.59. The van der Waals surface area contributed by atoms with Crippen LogP contribution in [0.1, 0.15) is 39.0 Å². The fourth-order valence-electron chi connectivity index (χ4n) is 3.66. The first-order chi connectivity index (χ1) is 8.70. The van der Waals surface area contributed by atoms with Crippen molar-refractivity contribution in [2.75, 3.05) is 0 Å². The number of fused-ring (bicyclic) bond motifs is 1. The fourth-order valence-corrected chi connectivity index (χ4v) is 3.66. The quantitative estimate of drug-likeness (QED) is 0.322. The molecule has 0 aromatic heterocycles. The highest BCUT2D eigenvalue weighted by atomic mass is 16.4. The Morgan fingerprint density at radius 1 is 1.39 bits per heavy atom. The van der Waals surface area contributed by atoms with Crippen molar-refractivity contribution in [2.24, 2.45) is 22.7 Å². The number of allylic oxidation sites excluding steroid dienone is 6. The van der Waals surface area contributed by atoms with Crippen LogP contribution in [0.2, 0.25) is 0 Å². The van der Waals surface area contributed by atoms with E-state index in [2.05, 4.69) is 24.2 Å². The molecule has 0 spiro atoms. The lowest BCUT2D eigenvalue weighted by Gasteiger charge is -2.28. The Morgan fingerprint density at radius 3 is 3.00 bits per heavy atom. The van der Waals surface area contributed by atoms with Gasteiger partial charge in [0.25, 0.3) is 0 Å². The van der Waals surface area contributed by atoms with Gasteiger partial charge in [0.2, 0.25) is 0 Å². The van der Waals surface area contributed by atoms with Crippen LogP contribution in [0.25, 0.3) is 0 Å². The summed E-state index contributed by atoms with van der Waals surface area (Å²) in [7, 11) is 0. The molecule has 3 heteroatoms. The van der Waals surface area contributed by atoms with Crippen molar-refractivity contribution in [3.63, 3.8) is 0 Å². The van der Waals surface area contributed by atoms with Crippen molar-refractivity contribution < 1.29 is 5.21 Å². The Hall–Kier alpha value is -1.51. The third-order valence-corrected chi connectivity index (χ3v) is 4.59. The zero-order chi connectivity index (χ0) is 12.7. The maximum Gasteiger partial charge on any atom is 0.142 e. The number of nitrogens with zero attached hydrogens (tertiary/aromatic N) is 1. The highest BCUT2D eigenvalue weighted by Crippen LogP contribution is 2.47. The van der Waals surface area contributed by atoms with E-state index in [1.54, 1.807) is 5.57 Å². The van der Waals surface area contributed by atoms with E-state index < -0.39 is 0 Å². The van der Waals surface area contributed by atoms with Gasteiger partial charge in [-0.3, -0.25) is 0 Å². The molecular weight excluding hydrogens is 224 g/mol. The molecule has 18 heavy (non-hydrogen) atoms. The van der Waals surface area contributed by atoms with E-state index in [1.165, 1.54) is 29.6 Å². The second-order valence-corrected chi connectivity index (χ2v) is 5.70. The predicted molar refractivity (Wildman–Crippen MR) is 72.3 cm³/mol. The Kier molecular flexibility index (Phi) is 2.77. The summed E-state index contributed by atoms with van der Waals surface area (Å²) in [6.45, 7) is 2.33. The van der Waals surface area contributed by atoms with E-state index in [0.717, 1.165) is 19.3 Å². The van der Waals surface area contributed by atoms with Crippen LogP contribution in [0.5, 0.6) is 0 Å². The van der Waals surface area contributed by atoms with Crippen LogP contribution >= 0.6 is 0 Å². The zero-order valence-electron chi connectivity index (χ0n) is 10.8. The molecule has 0 amide bonds. The summed E-state index contributed by atoms with van der Waals surface area (Å²) in [6, 6.07) is 0. The summed E-state index contributed by atoms with van der Waals surface area (Å²) in [5.74, 6) is 1.25. The number of amidine groups is 1. The van der Waals surface area contributed by atoms with Gasteiger partial charge >= 0.3 is 0 Å². The minimum absolute atomic E-state index is 0.203. The standard InChI is InChI=1S/C15H20N2O/c1-9-6-10-7-11(15(16)17-18)8-14(10)13-5-3-2-4-12(9)13/h3,5,9,11,18H,2,4,6-8H2,1H3,(H2,16,17). The first kappa shape index (κ1) is 11.6. The summed E-state index contributed by atoms with van der Waals surface area (Å²) in [4.78, 5) is 0. The van der Waals surface area contributed by atoms with Crippen LogP contribution in [0, 0.1) is 11.8 Å². The second-order valence-electron chi connectivity index (χ2n) is 5.70. The van der Waals surface area contributed by atoms with Gasteiger partial charge in [-0.25, -0.2) is 0 Å². The zero-order valence-corrected chi connectivity index (χ0v) is 10.8. The van der Waals surface area contributed by atoms with Crippen molar-refractivity contribution in [2.45, 2.75) is 39.0 Å². The van der Waals surface area contributed by atoms with Crippen LogP contribution < -0.4 is 5.73 Å². The normalized spacial score (nSPS) is 31.7. The summed E-state index contributed by atoms with van der Waals surface area (Å²) in [5, 5.41) is 12.0. The lowest BCUT2D eigenvalue weighted by molar-refractivity contribution is 0.314. The van der Waals surface area contributed by atoms with Crippen LogP contribution in [0.15, 0.2) is 39.6 Å². The van der Waals surface area contributed by atoms with Crippen molar-refractivity contribution in [1.82, 2.24) is 0 Å². The van der Waals surface area contributed by atoms with Gasteiger partial charge in [0.1, 0.15) is 5.84 Å². The fraction of sp³-hybridized carbons (Fsp3) is 0.533. The average Bonchev–Trinajstić information content (AvgIpc) is 2.82. The molecule has 3 nitrogen and oxygen atoms in total. The lowest BCUT2D eigenvalue weighted by Crippen LogP contribution is -2.21. The average molecular weight is 244 g/mol. The van der Waals surface area contributed by atoms with Gasteiger partial charge in [0, 0.05) is 5.92 Å². The second kappa shape index (κ2) is 4.30. The SMILES string of the molecule is CC1CC2=C(CC(/C(N)=N/O)C2)C2=C1CCC=C2. The predicted octanol–water partition coefficient (Wildman–Crippen LogP) is 3.13. The summed E-state index contributed by atoms with van der Waals surface area (Å²) in [5.41, 5.74) is 11.9. The van der Waals surface area contributed by atoms with Crippen molar-refractivity contribution in [1.29, 1.82) is 0 Å². The number of rotatable bonds is 1. The molecule has 2 atom stereocenters. The smallest absolute Gasteiger partial charge is 0.142 e. The first-order valence-corrected chi connectivity index (χ1v) is 6.79. The van der Waals surface area contributed by atoms with Crippen LogP contribution in [-0.2, 0) is 0 Å². The molecule has 3 N–H and O–H groups in total. The maximum atomic E-state index is 8.83. The molecule has 0 bridgehead atoms. The first-order valence-electron chi connectivity index (χ1n) is 6.79. The number of nitrogens with two attached hydrogens (primary N) is 1. The monoisotopic (exact) mass is 244 g/mol. The van der Waals surface area contributed by atoms with Gasteiger partial charge in [-0.05, 0) is 49.2 Å².